The van der Waals surface area contributed by atoms with Crippen LogP contribution in [0.4, 0.5) is 5.69 Å². The molecule has 26 heavy (non-hydrogen) atoms. The lowest BCUT2D eigenvalue weighted by molar-refractivity contribution is -0.115. The third-order valence-electron chi connectivity index (χ3n) is 5.24. The number of carbonyl (C=O) groups excluding carboxylic acids is 1. The molecule has 1 heterocycles. The normalized spacial score (nSPS) is 15.3. The summed E-state index contributed by atoms with van der Waals surface area (Å²) in [5, 5.41) is 6.85. The molecule has 1 aliphatic rings. The quantitative estimate of drug-likeness (QED) is 0.528. The van der Waals surface area contributed by atoms with Gasteiger partial charge in [-0.3, -0.25) is 4.79 Å². The summed E-state index contributed by atoms with van der Waals surface area (Å²) < 4.78 is 1.16. The maximum absolute atomic E-state index is 12.5. The summed E-state index contributed by atoms with van der Waals surface area (Å²) in [5.74, 6) is 0.700. The van der Waals surface area contributed by atoms with Crippen LogP contribution in [0.15, 0.2) is 47.8 Å². The molecule has 0 saturated heterocycles. The molecule has 0 unspecified atom stereocenters. The lowest BCUT2D eigenvalue weighted by Gasteiger charge is -2.22. The molecule has 1 fully saturated rings. The molecule has 3 aromatic rings. The zero-order valence-electron chi connectivity index (χ0n) is 14.6. The van der Waals surface area contributed by atoms with Gasteiger partial charge < -0.3 is 5.32 Å². The molecule has 1 aromatic heterocycles. The Morgan fingerprint density at radius 1 is 1.08 bits per heavy atom. The lowest BCUT2D eigenvalue weighted by Crippen LogP contribution is -2.14. The summed E-state index contributed by atoms with van der Waals surface area (Å²) in [6, 6.07) is 14.2. The van der Waals surface area contributed by atoms with Crippen molar-refractivity contribution >= 4 is 44.6 Å². The molecule has 0 spiro atoms. The number of amides is 1. The van der Waals surface area contributed by atoms with Crippen LogP contribution in [0.2, 0.25) is 5.02 Å². The van der Waals surface area contributed by atoms with E-state index in [1.165, 1.54) is 37.7 Å². The van der Waals surface area contributed by atoms with Gasteiger partial charge in [-0.1, -0.05) is 43.0 Å². The Bertz CT molecular complexity index is 910. The maximum Gasteiger partial charge on any atom is 0.228 e. The summed E-state index contributed by atoms with van der Waals surface area (Å²) >= 11 is 7.75. The van der Waals surface area contributed by atoms with Crippen LogP contribution >= 0.6 is 22.9 Å². The van der Waals surface area contributed by atoms with Crippen molar-refractivity contribution in [3.05, 3.63) is 64.0 Å². The topological polar surface area (TPSA) is 29.1 Å². The van der Waals surface area contributed by atoms with Crippen LogP contribution in [0, 0.1) is 0 Å². The van der Waals surface area contributed by atoms with Crippen LogP contribution < -0.4 is 5.32 Å². The lowest BCUT2D eigenvalue weighted by atomic mass is 9.84. The number of benzene rings is 2. The van der Waals surface area contributed by atoms with E-state index in [1.54, 1.807) is 11.3 Å². The van der Waals surface area contributed by atoms with Crippen molar-refractivity contribution in [1.29, 1.82) is 0 Å². The van der Waals surface area contributed by atoms with Crippen molar-refractivity contribution in [2.24, 2.45) is 0 Å². The first kappa shape index (κ1) is 17.6. The van der Waals surface area contributed by atoms with Crippen molar-refractivity contribution in [3.63, 3.8) is 0 Å². The van der Waals surface area contributed by atoms with Gasteiger partial charge in [-0.05, 0) is 71.0 Å². The SMILES string of the molecule is O=C(Cc1csc2ccc(Cl)cc12)Nc1ccc(C2CCCCC2)cc1. The fourth-order valence-electron chi connectivity index (χ4n) is 3.84. The highest BCUT2D eigenvalue weighted by Gasteiger charge is 2.15. The second-order valence-corrected chi connectivity index (χ2v) is 8.43. The first-order valence-electron chi connectivity index (χ1n) is 9.24. The molecule has 2 aromatic carbocycles. The molecule has 0 radical (unpaired) electrons. The summed E-state index contributed by atoms with van der Waals surface area (Å²) in [6.07, 6.45) is 6.99. The van der Waals surface area contributed by atoms with E-state index in [9.17, 15) is 4.79 Å². The molecular formula is C22H22ClNOS. The van der Waals surface area contributed by atoms with Crippen molar-refractivity contribution < 1.29 is 4.79 Å². The standard InChI is InChI=1S/C22H22ClNOS/c23-18-8-11-21-20(13-18)17(14-26-21)12-22(25)24-19-9-6-16(7-10-19)15-4-2-1-3-5-15/h6-11,13-15H,1-5,12H2,(H,24,25). The largest absolute Gasteiger partial charge is 0.326 e. The number of hydrogen-bond donors (Lipinski definition) is 1. The summed E-state index contributed by atoms with van der Waals surface area (Å²) in [6.45, 7) is 0. The van der Waals surface area contributed by atoms with E-state index in [0.717, 1.165) is 21.3 Å². The van der Waals surface area contributed by atoms with E-state index in [2.05, 4.69) is 17.4 Å². The van der Waals surface area contributed by atoms with E-state index in [4.69, 9.17) is 11.6 Å². The minimum absolute atomic E-state index is 0.00934. The van der Waals surface area contributed by atoms with Crippen LogP contribution in [0.1, 0.15) is 49.1 Å². The second kappa shape index (κ2) is 7.81. The van der Waals surface area contributed by atoms with E-state index in [0.29, 0.717) is 17.4 Å². The van der Waals surface area contributed by atoms with E-state index in [1.807, 2.05) is 35.7 Å². The average molecular weight is 384 g/mol. The number of hydrogen-bond acceptors (Lipinski definition) is 2. The molecule has 4 rings (SSSR count). The van der Waals surface area contributed by atoms with Gasteiger partial charge in [-0.15, -0.1) is 11.3 Å². The van der Waals surface area contributed by atoms with Gasteiger partial charge in [0.15, 0.2) is 0 Å². The van der Waals surface area contributed by atoms with Gasteiger partial charge in [0.05, 0.1) is 6.42 Å². The molecule has 1 N–H and O–H groups in total. The van der Waals surface area contributed by atoms with Gasteiger partial charge in [-0.25, -0.2) is 0 Å². The Morgan fingerprint density at radius 3 is 2.62 bits per heavy atom. The molecular weight excluding hydrogens is 362 g/mol. The van der Waals surface area contributed by atoms with Crippen molar-refractivity contribution in [2.75, 3.05) is 5.32 Å². The molecule has 0 bridgehead atoms. The Morgan fingerprint density at radius 2 is 1.85 bits per heavy atom. The first-order chi connectivity index (χ1) is 12.7. The molecule has 134 valence electrons. The van der Waals surface area contributed by atoms with Crippen LogP contribution in [0.25, 0.3) is 10.1 Å². The molecule has 2 nitrogen and oxygen atoms in total. The third kappa shape index (κ3) is 3.94. The number of anilines is 1. The maximum atomic E-state index is 12.5. The monoisotopic (exact) mass is 383 g/mol. The minimum Gasteiger partial charge on any atom is -0.326 e. The van der Waals surface area contributed by atoms with Crippen molar-refractivity contribution in [2.45, 2.75) is 44.4 Å². The molecule has 0 atom stereocenters. The summed E-state index contributed by atoms with van der Waals surface area (Å²) in [7, 11) is 0. The predicted molar refractivity (Wildman–Crippen MR) is 111 cm³/mol. The molecule has 1 saturated carbocycles. The second-order valence-electron chi connectivity index (χ2n) is 7.08. The number of rotatable bonds is 4. The van der Waals surface area contributed by atoms with E-state index >= 15 is 0 Å². The van der Waals surface area contributed by atoms with Crippen LogP contribution in [-0.2, 0) is 11.2 Å². The average Bonchev–Trinajstić information content (AvgIpc) is 3.05. The number of halogens is 1. The summed E-state index contributed by atoms with van der Waals surface area (Å²) in [4.78, 5) is 12.5. The van der Waals surface area contributed by atoms with Crippen LogP contribution in [-0.4, -0.2) is 5.91 Å². The Labute approximate surface area is 163 Å². The Kier molecular flexibility index (Phi) is 5.28. The Hall–Kier alpha value is -1.84. The highest BCUT2D eigenvalue weighted by molar-refractivity contribution is 7.17. The van der Waals surface area contributed by atoms with Crippen LogP contribution in [0.5, 0.6) is 0 Å². The van der Waals surface area contributed by atoms with Gasteiger partial charge in [-0.2, -0.15) is 0 Å². The van der Waals surface area contributed by atoms with Gasteiger partial charge in [0.1, 0.15) is 0 Å². The predicted octanol–water partition coefficient (Wildman–Crippen LogP) is 6.78. The fourth-order valence-corrected chi connectivity index (χ4v) is 4.96. The number of nitrogens with one attached hydrogen (secondary N) is 1. The fraction of sp³-hybridized carbons (Fsp3) is 0.318. The smallest absolute Gasteiger partial charge is 0.228 e. The zero-order chi connectivity index (χ0) is 17.9. The number of carbonyl (C=O) groups is 1. The van der Waals surface area contributed by atoms with E-state index < -0.39 is 0 Å². The third-order valence-corrected chi connectivity index (χ3v) is 6.49. The number of fused-ring (bicyclic) bond motifs is 1. The Balaban J connectivity index is 1.41. The zero-order valence-corrected chi connectivity index (χ0v) is 16.2. The highest BCUT2D eigenvalue weighted by atomic mass is 35.5. The molecule has 0 aliphatic heterocycles. The molecule has 4 heteroatoms. The van der Waals surface area contributed by atoms with Gasteiger partial charge >= 0.3 is 0 Å². The van der Waals surface area contributed by atoms with Gasteiger partial charge in [0.2, 0.25) is 5.91 Å². The van der Waals surface area contributed by atoms with Gasteiger partial charge in [0, 0.05) is 15.4 Å². The molecule has 1 aliphatic carbocycles. The van der Waals surface area contributed by atoms with Crippen molar-refractivity contribution in [3.8, 4) is 0 Å². The van der Waals surface area contributed by atoms with E-state index in [-0.39, 0.29) is 5.91 Å². The number of thiophene rings is 1. The minimum atomic E-state index is 0.00934. The van der Waals surface area contributed by atoms with Gasteiger partial charge in [0.25, 0.3) is 0 Å². The first-order valence-corrected chi connectivity index (χ1v) is 10.5. The summed E-state index contributed by atoms with van der Waals surface area (Å²) in [5.41, 5.74) is 3.30. The highest BCUT2D eigenvalue weighted by Crippen LogP contribution is 2.33. The van der Waals surface area contributed by atoms with Crippen LogP contribution in [0.3, 0.4) is 0 Å². The molecule has 1 amide bonds. The van der Waals surface area contributed by atoms with Crippen molar-refractivity contribution in [1.82, 2.24) is 0 Å².